The van der Waals surface area contributed by atoms with Crippen LogP contribution in [0.2, 0.25) is 0 Å². The summed E-state index contributed by atoms with van der Waals surface area (Å²) in [6, 6.07) is 11.0. The van der Waals surface area contributed by atoms with Crippen molar-refractivity contribution < 1.29 is 27.9 Å². The molecule has 2 heterocycles. The molecule has 26 heavy (non-hydrogen) atoms. The number of nitrogens with zero attached hydrogens (tertiary/aromatic N) is 1. The van der Waals surface area contributed by atoms with Crippen molar-refractivity contribution in [3.63, 3.8) is 0 Å². The number of ether oxygens (including phenoxy) is 2. The minimum Gasteiger partial charge on any atom is -0.493 e. The van der Waals surface area contributed by atoms with Crippen LogP contribution >= 0.6 is 0 Å². The number of hydrogen-bond donors (Lipinski definition) is 1. The van der Waals surface area contributed by atoms with Crippen molar-refractivity contribution >= 4 is 18.1 Å². The van der Waals surface area contributed by atoms with E-state index in [0.29, 0.717) is 11.3 Å². The molecule has 0 saturated heterocycles. The molecule has 0 unspecified atom stereocenters. The van der Waals surface area contributed by atoms with Crippen LogP contribution in [0.5, 0.6) is 11.5 Å². The SMILES string of the molecule is COc1cc(/C=N\NC(=O)c2ccco2)ccc1OC(=O)c1ccco1. The average molecular weight is 354 g/mol. The van der Waals surface area contributed by atoms with E-state index >= 15 is 0 Å². The Labute approximate surface area is 148 Å². The molecule has 3 rings (SSSR count). The lowest BCUT2D eigenvalue weighted by Gasteiger charge is -2.08. The second-order valence-corrected chi connectivity index (χ2v) is 4.95. The minimum absolute atomic E-state index is 0.0818. The maximum Gasteiger partial charge on any atom is 0.379 e. The number of hydrogen-bond acceptors (Lipinski definition) is 7. The standard InChI is InChI=1S/C18H14N2O6/c1-23-16-10-12(11-19-20-17(21)14-4-2-8-24-14)6-7-13(16)26-18(22)15-5-3-9-25-15/h2-11H,1H3,(H,20,21)/b19-11-. The number of methoxy groups -OCH3 is 1. The van der Waals surface area contributed by atoms with Gasteiger partial charge in [0.1, 0.15) is 0 Å². The molecule has 0 aliphatic carbocycles. The van der Waals surface area contributed by atoms with Gasteiger partial charge >= 0.3 is 11.9 Å². The van der Waals surface area contributed by atoms with Crippen LogP contribution in [0.15, 0.2) is 68.9 Å². The largest absolute Gasteiger partial charge is 0.493 e. The van der Waals surface area contributed by atoms with Gasteiger partial charge in [0, 0.05) is 0 Å². The van der Waals surface area contributed by atoms with E-state index in [0.717, 1.165) is 0 Å². The number of benzene rings is 1. The minimum atomic E-state index is -0.638. The van der Waals surface area contributed by atoms with Crippen molar-refractivity contribution in [2.24, 2.45) is 5.10 Å². The summed E-state index contributed by atoms with van der Waals surface area (Å²) in [6.45, 7) is 0. The fourth-order valence-corrected chi connectivity index (χ4v) is 2.02. The van der Waals surface area contributed by atoms with Gasteiger partial charge in [-0.05, 0) is 48.0 Å². The first-order valence-corrected chi connectivity index (χ1v) is 7.48. The van der Waals surface area contributed by atoms with E-state index in [-0.39, 0.29) is 17.3 Å². The predicted octanol–water partition coefficient (Wildman–Crippen LogP) is 2.86. The zero-order chi connectivity index (χ0) is 18.4. The summed E-state index contributed by atoms with van der Waals surface area (Å²) in [7, 11) is 1.44. The zero-order valence-electron chi connectivity index (χ0n) is 13.7. The second kappa shape index (κ2) is 7.84. The van der Waals surface area contributed by atoms with Crippen molar-refractivity contribution in [1.82, 2.24) is 5.43 Å². The molecule has 2 aromatic heterocycles. The van der Waals surface area contributed by atoms with Crippen LogP contribution in [0.4, 0.5) is 0 Å². The summed E-state index contributed by atoms with van der Waals surface area (Å²) in [5, 5.41) is 3.84. The first-order chi connectivity index (χ1) is 12.7. The van der Waals surface area contributed by atoms with Gasteiger partial charge < -0.3 is 18.3 Å². The van der Waals surface area contributed by atoms with Crippen LogP contribution in [0.1, 0.15) is 26.7 Å². The number of hydrazone groups is 1. The number of nitrogens with one attached hydrogen (secondary N) is 1. The van der Waals surface area contributed by atoms with Gasteiger partial charge in [0.2, 0.25) is 5.76 Å². The Morgan fingerprint density at radius 3 is 2.42 bits per heavy atom. The number of furan rings is 2. The summed E-state index contributed by atoms with van der Waals surface area (Å²) in [5.74, 6) is -0.322. The quantitative estimate of drug-likeness (QED) is 0.316. The fourth-order valence-electron chi connectivity index (χ4n) is 2.02. The molecular weight excluding hydrogens is 340 g/mol. The first kappa shape index (κ1) is 17.0. The van der Waals surface area contributed by atoms with E-state index in [2.05, 4.69) is 10.5 Å². The number of carbonyl (C=O) groups is 2. The predicted molar refractivity (Wildman–Crippen MR) is 90.4 cm³/mol. The highest BCUT2D eigenvalue weighted by Crippen LogP contribution is 2.28. The molecular formula is C18H14N2O6. The highest BCUT2D eigenvalue weighted by molar-refractivity contribution is 5.92. The van der Waals surface area contributed by atoms with Crippen LogP contribution in [-0.4, -0.2) is 25.2 Å². The van der Waals surface area contributed by atoms with Gasteiger partial charge in [-0.2, -0.15) is 5.10 Å². The van der Waals surface area contributed by atoms with Crippen molar-refractivity contribution in [2.75, 3.05) is 7.11 Å². The molecule has 132 valence electrons. The van der Waals surface area contributed by atoms with Gasteiger partial charge in [-0.1, -0.05) is 0 Å². The molecule has 0 radical (unpaired) electrons. The van der Waals surface area contributed by atoms with Crippen LogP contribution < -0.4 is 14.9 Å². The molecule has 1 N–H and O–H groups in total. The lowest BCUT2D eigenvalue weighted by molar-refractivity contribution is 0.0696. The van der Waals surface area contributed by atoms with E-state index in [1.807, 2.05) is 0 Å². The van der Waals surface area contributed by atoms with Crippen molar-refractivity contribution in [1.29, 1.82) is 0 Å². The fraction of sp³-hybridized carbons (Fsp3) is 0.0556. The molecule has 0 bridgehead atoms. The number of rotatable bonds is 6. The van der Waals surface area contributed by atoms with Crippen LogP contribution in [0.3, 0.4) is 0 Å². The summed E-state index contributed by atoms with van der Waals surface area (Å²) >= 11 is 0. The summed E-state index contributed by atoms with van der Waals surface area (Å²) < 4.78 is 20.4. The lowest BCUT2D eigenvalue weighted by atomic mass is 10.2. The van der Waals surface area contributed by atoms with E-state index in [1.54, 1.807) is 30.3 Å². The Hall–Kier alpha value is -3.81. The number of carbonyl (C=O) groups excluding carboxylic acids is 2. The lowest BCUT2D eigenvalue weighted by Crippen LogP contribution is -2.16. The topological polar surface area (TPSA) is 103 Å². The monoisotopic (exact) mass is 354 g/mol. The second-order valence-electron chi connectivity index (χ2n) is 4.95. The van der Waals surface area contributed by atoms with E-state index in [9.17, 15) is 9.59 Å². The average Bonchev–Trinajstić information content (AvgIpc) is 3.36. The molecule has 1 aromatic carbocycles. The first-order valence-electron chi connectivity index (χ1n) is 7.48. The molecule has 0 saturated carbocycles. The Kier molecular flexibility index (Phi) is 5.14. The molecule has 0 aliphatic rings. The van der Waals surface area contributed by atoms with Gasteiger partial charge in [0.05, 0.1) is 25.9 Å². The van der Waals surface area contributed by atoms with Crippen molar-refractivity contribution in [2.45, 2.75) is 0 Å². The van der Waals surface area contributed by atoms with Gasteiger partial charge in [-0.25, -0.2) is 10.2 Å². The third-order valence-corrected chi connectivity index (χ3v) is 3.24. The maximum absolute atomic E-state index is 11.9. The summed E-state index contributed by atoms with van der Waals surface area (Å²) in [5.41, 5.74) is 2.96. The maximum atomic E-state index is 11.9. The van der Waals surface area contributed by atoms with E-state index in [1.165, 1.54) is 38.0 Å². The molecule has 0 aliphatic heterocycles. The van der Waals surface area contributed by atoms with E-state index < -0.39 is 11.9 Å². The van der Waals surface area contributed by atoms with E-state index in [4.69, 9.17) is 18.3 Å². The van der Waals surface area contributed by atoms with Gasteiger partial charge in [-0.15, -0.1) is 0 Å². The highest BCUT2D eigenvalue weighted by atomic mass is 16.6. The third kappa shape index (κ3) is 3.99. The molecule has 3 aromatic rings. The summed E-state index contributed by atoms with van der Waals surface area (Å²) in [4.78, 5) is 23.6. The Morgan fingerprint density at radius 2 is 1.77 bits per heavy atom. The van der Waals surface area contributed by atoms with Crippen molar-refractivity contribution in [3.8, 4) is 11.5 Å². The Bertz CT molecular complexity index is 913. The van der Waals surface area contributed by atoms with Gasteiger partial charge in [0.15, 0.2) is 17.3 Å². The number of amides is 1. The summed E-state index contributed by atoms with van der Waals surface area (Å²) in [6.07, 6.45) is 4.19. The molecule has 0 spiro atoms. The Morgan fingerprint density at radius 1 is 1.04 bits per heavy atom. The zero-order valence-corrected chi connectivity index (χ0v) is 13.7. The molecule has 1 amide bonds. The molecule has 0 atom stereocenters. The molecule has 8 heteroatoms. The van der Waals surface area contributed by atoms with Gasteiger partial charge in [0.25, 0.3) is 0 Å². The molecule has 8 nitrogen and oxygen atoms in total. The highest BCUT2D eigenvalue weighted by Gasteiger charge is 2.15. The van der Waals surface area contributed by atoms with Gasteiger partial charge in [-0.3, -0.25) is 4.79 Å². The molecule has 0 fully saturated rings. The van der Waals surface area contributed by atoms with Crippen LogP contribution in [0, 0.1) is 0 Å². The number of esters is 1. The smallest absolute Gasteiger partial charge is 0.379 e. The van der Waals surface area contributed by atoms with Crippen molar-refractivity contribution in [3.05, 3.63) is 72.1 Å². The van der Waals surface area contributed by atoms with Crippen LogP contribution in [-0.2, 0) is 0 Å². The Balaban J connectivity index is 1.67. The third-order valence-electron chi connectivity index (χ3n) is 3.24. The van der Waals surface area contributed by atoms with Crippen LogP contribution in [0.25, 0.3) is 0 Å². The normalized spacial score (nSPS) is 10.7.